The van der Waals surface area contributed by atoms with Crippen molar-refractivity contribution in [3.8, 4) is 0 Å². The van der Waals surface area contributed by atoms with E-state index in [0.29, 0.717) is 22.2 Å². The van der Waals surface area contributed by atoms with Crippen LogP contribution in [0.3, 0.4) is 0 Å². The van der Waals surface area contributed by atoms with Crippen LogP contribution >= 0.6 is 11.6 Å². The number of benzene rings is 1. The Balaban J connectivity index is 2.88. The first-order chi connectivity index (χ1) is 7.97. The highest BCUT2D eigenvalue weighted by molar-refractivity contribution is 7.86. The Bertz CT molecular complexity index is 431. The summed E-state index contributed by atoms with van der Waals surface area (Å²) in [6, 6.07) is 4.91. The maximum absolute atomic E-state index is 12.0. The summed E-state index contributed by atoms with van der Waals surface area (Å²) in [6.45, 7) is 2.43. The van der Waals surface area contributed by atoms with Crippen molar-refractivity contribution in [3.05, 3.63) is 23.2 Å². The molecule has 17 heavy (non-hydrogen) atoms. The Morgan fingerprint density at radius 3 is 2.71 bits per heavy atom. The van der Waals surface area contributed by atoms with Crippen LogP contribution in [0.1, 0.15) is 6.92 Å². The zero-order valence-corrected chi connectivity index (χ0v) is 11.3. The number of hydrogen-bond donors (Lipinski definition) is 1. The lowest BCUT2D eigenvalue weighted by atomic mass is 10.3. The molecule has 0 aliphatic heterocycles. The number of amides is 1. The van der Waals surface area contributed by atoms with Gasteiger partial charge in [0, 0.05) is 19.3 Å². The minimum Gasteiger partial charge on any atom is -0.398 e. The first kappa shape index (κ1) is 14.0. The van der Waals surface area contributed by atoms with Gasteiger partial charge in [0.05, 0.1) is 20.7 Å². The second kappa shape index (κ2) is 6.02. The van der Waals surface area contributed by atoms with Crippen LogP contribution in [-0.2, 0) is 15.6 Å². The molecule has 0 aromatic heterocycles. The van der Waals surface area contributed by atoms with E-state index in [1.807, 2.05) is 6.92 Å². The molecule has 0 saturated heterocycles. The Labute approximate surface area is 108 Å². The number of carbonyl (C=O) groups excluding carboxylic acids is 1. The largest absolute Gasteiger partial charge is 0.398 e. The van der Waals surface area contributed by atoms with E-state index < -0.39 is 10.8 Å². The molecule has 1 amide bonds. The minimum atomic E-state index is -1.51. The molecule has 4 nitrogen and oxygen atoms in total. The summed E-state index contributed by atoms with van der Waals surface area (Å²) in [5, 5.41) is 0.329. The van der Waals surface area contributed by atoms with Crippen molar-refractivity contribution in [3.63, 3.8) is 0 Å². The maximum Gasteiger partial charge on any atom is 0.235 e. The number of nitrogen functional groups attached to an aromatic ring is 1. The number of halogens is 1. The average Bonchev–Trinajstić information content (AvgIpc) is 2.27. The maximum atomic E-state index is 12.0. The molecule has 0 aliphatic rings. The smallest absolute Gasteiger partial charge is 0.235 e. The van der Waals surface area contributed by atoms with Gasteiger partial charge in [-0.25, -0.2) is 0 Å². The van der Waals surface area contributed by atoms with Crippen LogP contribution in [0.2, 0.25) is 5.02 Å². The van der Waals surface area contributed by atoms with Crippen molar-refractivity contribution in [2.75, 3.05) is 25.1 Å². The van der Waals surface area contributed by atoms with E-state index in [1.54, 1.807) is 25.2 Å². The lowest BCUT2D eigenvalue weighted by molar-refractivity contribution is -0.126. The number of nitrogens with two attached hydrogens (primary N) is 1. The normalized spacial score (nSPS) is 12.2. The SMILES string of the molecule is CCN(C)C(=O)CS(=O)c1c(N)cccc1Cl. The van der Waals surface area contributed by atoms with Crippen molar-refractivity contribution in [2.45, 2.75) is 11.8 Å². The van der Waals surface area contributed by atoms with Gasteiger partial charge in [0.25, 0.3) is 0 Å². The molecule has 6 heteroatoms. The topological polar surface area (TPSA) is 63.4 Å². The Kier molecular flexibility index (Phi) is 4.96. The molecule has 1 aromatic carbocycles. The van der Waals surface area contributed by atoms with Gasteiger partial charge in [-0.15, -0.1) is 0 Å². The molecular formula is C11H15ClN2O2S. The van der Waals surface area contributed by atoms with E-state index in [9.17, 15) is 9.00 Å². The zero-order valence-electron chi connectivity index (χ0n) is 9.77. The lowest BCUT2D eigenvalue weighted by Crippen LogP contribution is -2.30. The predicted molar refractivity (Wildman–Crippen MR) is 70.5 cm³/mol. The summed E-state index contributed by atoms with van der Waals surface area (Å²) in [5.74, 6) is -0.289. The predicted octanol–water partition coefficient (Wildman–Crippen LogP) is 1.51. The first-order valence-corrected chi connectivity index (χ1v) is 6.83. The minimum absolute atomic E-state index is 0.0989. The molecule has 1 aromatic rings. The summed E-state index contributed by atoms with van der Waals surface area (Å²) in [6.07, 6.45) is 0. The molecule has 0 spiro atoms. The molecule has 0 heterocycles. The van der Waals surface area contributed by atoms with E-state index in [0.717, 1.165) is 0 Å². The quantitative estimate of drug-likeness (QED) is 0.847. The lowest BCUT2D eigenvalue weighted by Gasteiger charge is -2.14. The van der Waals surface area contributed by atoms with Crippen molar-refractivity contribution >= 4 is 34.0 Å². The molecule has 0 saturated carbocycles. The molecule has 1 rings (SSSR count). The van der Waals surface area contributed by atoms with Gasteiger partial charge < -0.3 is 10.6 Å². The highest BCUT2D eigenvalue weighted by Crippen LogP contribution is 2.25. The number of nitrogens with zero attached hydrogens (tertiary/aromatic N) is 1. The molecule has 2 N–H and O–H groups in total. The summed E-state index contributed by atoms with van der Waals surface area (Å²) in [5.41, 5.74) is 6.05. The van der Waals surface area contributed by atoms with Crippen molar-refractivity contribution in [1.82, 2.24) is 4.90 Å². The molecule has 0 bridgehead atoms. The van der Waals surface area contributed by atoms with Crippen molar-refractivity contribution in [2.24, 2.45) is 0 Å². The molecule has 0 aliphatic carbocycles. The van der Waals surface area contributed by atoms with Gasteiger partial charge in [-0.2, -0.15) is 0 Å². The van der Waals surface area contributed by atoms with Crippen molar-refractivity contribution in [1.29, 1.82) is 0 Å². The van der Waals surface area contributed by atoms with Gasteiger partial charge in [0.1, 0.15) is 5.75 Å². The third-order valence-electron chi connectivity index (χ3n) is 2.38. The van der Waals surface area contributed by atoms with Crippen LogP contribution in [0.25, 0.3) is 0 Å². The Morgan fingerprint density at radius 1 is 1.53 bits per heavy atom. The first-order valence-electron chi connectivity index (χ1n) is 5.13. The number of carbonyl (C=O) groups is 1. The van der Waals surface area contributed by atoms with Gasteiger partial charge in [-0.05, 0) is 19.1 Å². The second-order valence-corrected chi connectivity index (χ2v) is 5.35. The zero-order chi connectivity index (χ0) is 13.0. The van der Waals surface area contributed by atoms with Gasteiger partial charge in [-0.3, -0.25) is 9.00 Å². The monoisotopic (exact) mass is 274 g/mol. The standard InChI is InChI=1S/C11H15ClN2O2S/c1-3-14(2)10(15)7-17(16)11-8(12)5-4-6-9(11)13/h4-6H,3,7,13H2,1-2H3. The molecule has 0 radical (unpaired) electrons. The fourth-order valence-corrected chi connectivity index (χ4v) is 2.88. The summed E-state index contributed by atoms with van der Waals surface area (Å²) in [4.78, 5) is 13.5. The van der Waals surface area contributed by atoms with Gasteiger partial charge in [-0.1, -0.05) is 17.7 Å². The fraction of sp³-hybridized carbons (Fsp3) is 0.364. The van der Waals surface area contributed by atoms with Crippen LogP contribution in [-0.4, -0.2) is 34.4 Å². The Hall–Kier alpha value is -1.07. The average molecular weight is 275 g/mol. The Morgan fingerprint density at radius 2 is 2.18 bits per heavy atom. The second-order valence-electron chi connectivity index (χ2n) is 3.56. The van der Waals surface area contributed by atoms with E-state index in [4.69, 9.17) is 17.3 Å². The molecule has 94 valence electrons. The summed E-state index contributed by atoms with van der Waals surface area (Å²) in [7, 11) is 0.155. The highest BCUT2D eigenvalue weighted by atomic mass is 35.5. The van der Waals surface area contributed by atoms with Gasteiger partial charge in [0.15, 0.2) is 0 Å². The van der Waals surface area contributed by atoms with E-state index in [2.05, 4.69) is 0 Å². The number of anilines is 1. The third kappa shape index (κ3) is 3.44. The number of rotatable bonds is 4. The van der Waals surface area contributed by atoms with Crippen LogP contribution < -0.4 is 5.73 Å². The van der Waals surface area contributed by atoms with E-state index in [-0.39, 0.29) is 11.7 Å². The number of hydrogen-bond acceptors (Lipinski definition) is 3. The molecule has 1 unspecified atom stereocenters. The van der Waals surface area contributed by atoms with E-state index in [1.165, 1.54) is 4.90 Å². The third-order valence-corrected chi connectivity index (χ3v) is 4.23. The van der Waals surface area contributed by atoms with Crippen LogP contribution in [0.15, 0.2) is 23.1 Å². The van der Waals surface area contributed by atoms with Crippen LogP contribution in [0, 0.1) is 0 Å². The van der Waals surface area contributed by atoms with Crippen LogP contribution in [0.5, 0.6) is 0 Å². The van der Waals surface area contributed by atoms with E-state index >= 15 is 0 Å². The van der Waals surface area contributed by atoms with Crippen molar-refractivity contribution < 1.29 is 9.00 Å². The highest BCUT2D eigenvalue weighted by Gasteiger charge is 2.17. The molecule has 1 atom stereocenters. The van der Waals surface area contributed by atoms with Gasteiger partial charge >= 0.3 is 0 Å². The van der Waals surface area contributed by atoms with Gasteiger partial charge in [0.2, 0.25) is 5.91 Å². The fourth-order valence-electron chi connectivity index (χ4n) is 1.24. The summed E-state index contributed by atoms with van der Waals surface area (Å²) >= 11 is 5.92. The molecule has 0 fully saturated rings. The summed E-state index contributed by atoms with van der Waals surface area (Å²) < 4.78 is 12.0. The molecular weight excluding hydrogens is 260 g/mol. The van der Waals surface area contributed by atoms with Crippen LogP contribution in [0.4, 0.5) is 5.69 Å².